The van der Waals surface area contributed by atoms with Gasteiger partial charge in [0.05, 0.1) is 0 Å². The molecular weight excluding hydrogens is 225 g/mol. The van der Waals surface area contributed by atoms with Crippen LogP contribution in [0.15, 0.2) is 29.3 Å². The van der Waals surface area contributed by atoms with E-state index in [0.29, 0.717) is 5.56 Å². The van der Waals surface area contributed by atoms with Gasteiger partial charge in [-0.05, 0) is 38.1 Å². The van der Waals surface area contributed by atoms with E-state index in [2.05, 4.69) is 4.99 Å². The number of rotatable bonds is 2. The number of Topliss-reactive ketones (excluding diaryl/α,β-unsaturated/α-hetero) is 1. The highest BCUT2D eigenvalue weighted by Crippen LogP contribution is 2.24. The van der Waals surface area contributed by atoms with Gasteiger partial charge in [0.15, 0.2) is 5.78 Å². The molecule has 0 spiro atoms. The van der Waals surface area contributed by atoms with Crippen molar-refractivity contribution in [2.24, 2.45) is 4.99 Å². The number of benzene rings is 1. The smallest absolute Gasteiger partial charge is 0.300 e. The van der Waals surface area contributed by atoms with E-state index < -0.39 is 23.1 Å². The van der Waals surface area contributed by atoms with Crippen molar-refractivity contribution in [3.8, 4) is 0 Å². The molecule has 1 aliphatic heterocycles. The molecule has 0 N–H and O–H groups in total. The van der Waals surface area contributed by atoms with Crippen LogP contribution in [0.5, 0.6) is 0 Å². The van der Waals surface area contributed by atoms with Gasteiger partial charge < -0.3 is 4.74 Å². The van der Waals surface area contributed by atoms with E-state index in [1.165, 1.54) is 38.1 Å². The number of carbonyl (C=O) groups excluding carboxylic acids is 2. The first kappa shape index (κ1) is 11.4. The summed E-state index contributed by atoms with van der Waals surface area (Å²) < 4.78 is 18.0. The molecule has 1 amide bonds. The Morgan fingerprint density at radius 3 is 2.41 bits per heavy atom. The fourth-order valence-electron chi connectivity index (χ4n) is 1.40. The Labute approximate surface area is 97.1 Å². The van der Waals surface area contributed by atoms with Crippen LogP contribution in [0.2, 0.25) is 0 Å². The van der Waals surface area contributed by atoms with E-state index in [-0.39, 0.29) is 5.90 Å². The molecular formula is C12H10FNO3. The zero-order valence-corrected chi connectivity index (χ0v) is 9.36. The van der Waals surface area contributed by atoms with Crippen LogP contribution in [0.4, 0.5) is 4.39 Å². The summed E-state index contributed by atoms with van der Waals surface area (Å²) in [4.78, 5) is 26.6. The van der Waals surface area contributed by atoms with E-state index in [9.17, 15) is 14.0 Å². The molecule has 0 fully saturated rings. The van der Waals surface area contributed by atoms with Crippen molar-refractivity contribution < 1.29 is 18.7 Å². The van der Waals surface area contributed by atoms with Gasteiger partial charge in [0.25, 0.3) is 0 Å². The maximum atomic E-state index is 12.7. The number of amides is 1. The summed E-state index contributed by atoms with van der Waals surface area (Å²) in [5, 5.41) is 0. The minimum absolute atomic E-state index is 0.0488. The normalized spacial score (nSPS) is 23.2. The Morgan fingerprint density at radius 2 is 1.94 bits per heavy atom. The molecule has 4 nitrogen and oxygen atoms in total. The van der Waals surface area contributed by atoms with Gasteiger partial charge in [-0.25, -0.2) is 4.39 Å². The Kier molecular flexibility index (Phi) is 2.53. The lowest BCUT2D eigenvalue weighted by Crippen LogP contribution is -2.41. The molecule has 0 aliphatic carbocycles. The first-order chi connectivity index (χ1) is 7.93. The molecule has 1 aromatic carbocycles. The van der Waals surface area contributed by atoms with E-state index >= 15 is 0 Å². The summed E-state index contributed by atoms with van der Waals surface area (Å²) in [7, 11) is 0. The first-order valence-corrected chi connectivity index (χ1v) is 5.02. The number of carbonyl (C=O) groups is 2. The largest absolute Gasteiger partial charge is 0.452 e. The van der Waals surface area contributed by atoms with Gasteiger partial charge in [-0.3, -0.25) is 9.59 Å². The van der Waals surface area contributed by atoms with Gasteiger partial charge in [0.1, 0.15) is 5.82 Å². The average molecular weight is 235 g/mol. The molecule has 1 heterocycles. The zero-order chi connectivity index (χ0) is 12.6. The number of ether oxygens (including phenoxy) is 1. The molecule has 1 aromatic rings. The van der Waals surface area contributed by atoms with Gasteiger partial charge in [0.2, 0.25) is 11.5 Å². The molecule has 0 saturated heterocycles. The number of nitrogens with zero attached hydrogens (tertiary/aromatic N) is 1. The van der Waals surface area contributed by atoms with Crippen LogP contribution in [-0.4, -0.2) is 23.2 Å². The molecule has 0 saturated carbocycles. The van der Waals surface area contributed by atoms with Crippen molar-refractivity contribution in [3.63, 3.8) is 0 Å². The Hall–Kier alpha value is -2.04. The number of hydrogen-bond donors (Lipinski definition) is 0. The summed E-state index contributed by atoms with van der Waals surface area (Å²) in [6.45, 7) is 2.64. The monoisotopic (exact) mass is 235 g/mol. The molecule has 1 atom stereocenters. The van der Waals surface area contributed by atoms with Gasteiger partial charge in [0, 0.05) is 5.56 Å². The van der Waals surface area contributed by atoms with E-state index in [1.54, 1.807) is 0 Å². The predicted molar refractivity (Wildman–Crippen MR) is 58.1 cm³/mol. The summed E-state index contributed by atoms with van der Waals surface area (Å²) in [5.74, 6) is -1.40. The third-order valence-electron chi connectivity index (χ3n) is 2.67. The Morgan fingerprint density at radius 1 is 1.35 bits per heavy atom. The van der Waals surface area contributed by atoms with Gasteiger partial charge in [-0.15, -0.1) is 0 Å². The number of hydrogen-bond acceptors (Lipinski definition) is 3. The van der Waals surface area contributed by atoms with Gasteiger partial charge in [-0.2, -0.15) is 4.99 Å². The average Bonchev–Trinajstić information content (AvgIpc) is 2.58. The Balaban J connectivity index is 2.33. The van der Waals surface area contributed by atoms with Crippen molar-refractivity contribution in [2.45, 2.75) is 19.4 Å². The molecule has 2 rings (SSSR count). The van der Waals surface area contributed by atoms with Crippen LogP contribution in [-0.2, 0) is 14.3 Å². The third kappa shape index (κ3) is 1.84. The van der Waals surface area contributed by atoms with Crippen molar-refractivity contribution in [1.29, 1.82) is 0 Å². The minimum Gasteiger partial charge on any atom is -0.452 e. The number of aliphatic imine (C=N–C) groups is 1. The number of halogens is 1. The second-order valence-corrected chi connectivity index (χ2v) is 3.92. The molecule has 17 heavy (non-hydrogen) atoms. The molecule has 88 valence electrons. The summed E-state index contributed by atoms with van der Waals surface area (Å²) >= 11 is 0. The lowest BCUT2D eigenvalue weighted by molar-refractivity contribution is -0.142. The fraction of sp³-hybridized carbons (Fsp3) is 0.250. The second-order valence-electron chi connectivity index (χ2n) is 3.92. The van der Waals surface area contributed by atoms with Crippen LogP contribution in [0.25, 0.3) is 0 Å². The highest BCUT2D eigenvalue weighted by molar-refractivity contribution is 6.18. The highest BCUT2D eigenvalue weighted by atomic mass is 19.1. The van der Waals surface area contributed by atoms with E-state index in [4.69, 9.17) is 4.74 Å². The second kappa shape index (κ2) is 3.76. The van der Waals surface area contributed by atoms with Crippen LogP contribution in [0.1, 0.15) is 19.4 Å². The molecule has 0 aromatic heterocycles. The molecule has 1 aliphatic rings. The summed E-state index contributed by atoms with van der Waals surface area (Å²) in [6, 6.07) is 5.34. The fourth-order valence-corrected chi connectivity index (χ4v) is 1.40. The van der Waals surface area contributed by atoms with E-state index in [0.717, 1.165) is 0 Å². The van der Waals surface area contributed by atoms with Crippen LogP contribution >= 0.6 is 0 Å². The van der Waals surface area contributed by atoms with Gasteiger partial charge in [-0.1, -0.05) is 0 Å². The number of ketones is 1. The maximum absolute atomic E-state index is 12.7. The SMILES string of the molecule is CC(=O)[C@@]1(C)OC(c2ccc(F)cc2)=NC1=O. The highest BCUT2D eigenvalue weighted by Gasteiger charge is 2.46. The standard InChI is InChI=1S/C12H10FNO3/c1-7(15)12(2)11(16)14-10(17-12)8-3-5-9(13)6-4-8/h3-6H,1-2H3/t12-/m1/s1. The first-order valence-electron chi connectivity index (χ1n) is 5.02. The quantitative estimate of drug-likeness (QED) is 0.729. The van der Waals surface area contributed by atoms with Crippen LogP contribution in [0.3, 0.4) is 0 Å². The molecule has 0 unspecified atom stereocenters. The molecule has 0 bridgehead atoms. The van der Waals surface area contributed by atoms with Crippen LogP contribution < -0.4 is 0 Å². The third-order valence-corrected chi connectivity index (χ3v) is 2.67. The molecule has 0 radical (unpaired) electrons. The van der Waals surface area contributed by atoms with Crippen molar-refractivity contribution >= 4 is 17.6 Å². The zero-order valence-electron chi connectivity index (χ0n) is 9.36. The van der Waals surface area contributed by atoms with E-state index in [1.807, 2.05) is 0 Å². The van der Waals surface area contributed by atoms with Crippen LogP contribution in [0, 0.1) is 5.82 Å². The van der Waals surface area contributed by atoms with Crippen molar-refractivity contribution in [2.75, 3.05) is 0 Å². The molecule has 5 heteroatoms. The van der Waals surface area contributed by atoms with Crippen molar-refractivity contribution in [1.82, 2.24) is 0 Å². The summed E-state index contributed by atoms with van der Waals surface area (Å²) in [5.41, 5.74) is -1.09. The predicted octanol–water partition coefficient (Wildman–Crippen LogP) is 1.48. The van der Waals surface area contributed by atoms with Crippen molar-refractivity contribution in [3.05, 3.63) is 35.6 Å². The van der Waals surface area contributed by atoms with Gasteiger partial charge >= 0.3 is 5.91 Å². The topological polar surface area (TPSA) is 55.7 Å². The maximum Gasteiger partial charge on any atom is 0.300 e. The minimum atomic E-state index is -1.55. The summed E-state index contributed by atoms with van der Waals surface area (Å²) in [6.07, 6.45) is 0. The lowest BCUT2D eigenvalue weighted by atomic mass is 10.0. The Bertz CT molecular complexity index is 521. The lowest BCUT2D eigenvalue weighted by Gasteiger charge is -2.17.